The van der Waals surface area contributed by atoms with E-state index in [1.54, 1.807) is 27.9 Å². The molecule has 1 fully saturated rings. The monoisotopic (exact) mass is 623 g/mol. The van der Waals surface area contributed by atoms with Crippen LogP contribution in [0.1, 0.15) is 66.4 Å². The fraction of sp³-hybridized carbons (Fsp3) is 0.794. The second-order valence-corrected chi connectivity index (χ2v) is 14.1. The molecule has 0 radical (unpaired) electrons. The Hall–Kier alpha value is -1.79. The van der Waals surface area contributed by atoms with Gasteiger partial charge in [0.15, 0.2) is 6.29 Å². The minimum Gasteiger partial charge on any atom is -0.497 e. The van der Waals surface area contributed by atoms with Crippen molar-refractivity contribution in [3.63, 3.8) is 0 Å². The standard InChI is InChI=1S/C34H61N3O7/c1-21(2)20-34(6,41)31(44-33-30(39)28(37(9)10)18-22(3)43-33)23(4)29(38)24(5)32(40)35-26(16-17-36(7)8)19-25-12-14-27(42-11)15-13-25/h12-15,21-24,26,28-31,33,38-39,41H,16-20H2,1-11H3,(H,35,40)/t22-,23+,24?,26?,28+,29+,30-,31-,33+,34-/m1/s1. The molecule has 1 aliphatic heterocycles. The molecule has 0 bridgehead atoms. The number of rotatable bonds is 17. The van der Waals surface area contributed by atoms with Gasteiger partial charge in [-0.25, -0.2) is 0 Å². The quantitative estimate of drug-likeness (QED) is 0.207. The molecule has 2 unspecified atom stereocenters. The van der Waals surface area contributed by atoms with Gasteiger partial charge in [0.05, 0.1) is 36.9 Å². The third-order valence-corrected chi connectivity index (χ3v) is 8.85. The Bertz CT molecular complexity index is 988. The molecule has 1 aromatic rings. The van der Waals surface area contributed by atoms with Crippen LogP contribution in [0.25, 0.3) is 0 Å². The number of carbonyl (C=O) groups is 1. The fourth-order valence-electron chi connectivity index (χ4n) is 6.39. The highest BCUT2D eigenvalue weighted by Gasteiger charge is 2.47. The third kappa shape index (κ3) is 11.2. The largest absolute Gasteiger partial charge is 0.497 e. The Balaban J connectivity index is 2.25. The number of hydrogen-bond acceptors (Lipinski definition) is 9. The Labute approximate surface area is 266 Å². The first-order chi connectivity index (χ1) is 20.5. The van der Waals surface area contributed by atoms with E-state index >= 15 is 0 Å². The summed E-state index contributed by atoms with van der Waals surface area (Å²) >= 11 is 0. The molecule has 254 valence electrons. The van der Waals surface area contributed by atoms with Gasteiger partial charge >= 0.3 is 0 Å². The Morgan fingerprint density at radius 3 is 2.27 bits per heavy atom. The molecule has 1 aliphatic rings. The van der Waals surface area contributed by atoms with Gasteiger partial charge in [-0.15, -0.1) is 0 Å². The van der Waals surface area contributed by atoms with Gasteiger partial charge in [-0.3, -0.25) is 4.79 Å². The summed E-state index contributed by atoms with van der Waals surface area (Å²) in [5.41, 5.74) is -0.281. The lowest BCUT2D eigenvalue weighted by Crippen LogP contribution is -2.59. The number of methoxy groups -OCH3 is 1. The van der Waals surface area contributed by atoms with Gasteiger partial charge in [-0.2, -0.15) is 0 Å². The van der Waals surface area contributed by atoms with E-state index in [2.05, 4.69) is 10.2 Å². The van der Waals surface area contributed by atoms with Crippen LogP contribution in [0.5, 0.6) is 5.75 Å². The summed E-state index contributed by atoms with van der Waals surface area (Å²) in [4.78, 5) is 17.6. The maximum atomic E-state index is 13.6. The lowest BCUT2D eigenvalue weighted by molar-refractivity contribution is -0.298. The maximum Gasteiger partial charge on any atom is 0.225 e. The van der Waals surface area contributed by atoms with Crippen LogP contribution in [0.2, 0.25) is 0 Å². The first-order valence-electron chi connectivity index (χ1n) is 16.1. The van der Waals surface area contributed by atoms with Gasteiger partial charge in [0.25, 0.3) is 0 Å². The van der Waals surface area contributed by atoms with Crippen LogP contribution in [0.4, 0.5) is 0 Å². The summed E-state index contributed by atoms with van der Waals surface area (Å²) in [7, 11) is 9.44. The zero-order chi connectivity index (χ0) is 33.4. The number of aliphatic hydroxyl groups is 3. The number of amides is 1. The summed E-state index contributed by atoms with van der Waals surface area (Å²) in [5.74, 6) is -0.788. The van der Waals surface area contributed by atoms with Crippen LogP contribution < -0.4 is 10.1 Å². The molecular weight excluding hydrogens is 562 g/mol. The van der Waals surface area contributed by atoms with E-state index in [1.807, 2.05) is 78.1 Å². The third-order valence-electron chi connectivity index (χ3n) is 8.85. The number of likely N-dealkylation sites (N-methyl/N-ethyl adjacent to an activating group) is 1. The summed E-state index contributed by atoms with van der Waals surface area (Å²) in [6, 6.07) is 7.48. The number of nitrogens with one attached hydrogen (secondary N) is 1. The minimum atomic E-state index is -1.36. The van der Waals surface area contributed by atoms with Crippen molar-refractivity contribution in [1.29, 1.82) is 0 Å². The van der Waals surface area contributed by atoms with Gasteiger partial charge in [-0.05, 0) is 97.9 Å². The molecule has 0 saturated carbocycles. The van der Waals surface area contributed by atoms with Gasteiger partial charge in [0.1, 0.15) is 11.9 Å². The average Bonchev–Trinajstić information content (AvgIpc) is 2.94. The SMILES string of the molecule is COc1ccc(CC(CCN(C)C)NC(=O)C(C)[C@@H](O)[C@H](C)[C@@H](O[C@@H]2O[C@H](C)C[C@H](N(C)C)[C@H]2O)[C@](C)(O)CC(C)C)cc1. The molecule has 0 aromatic heterocycles. The lowest BCUT2D eigenvalue weighted by atomic mass is 9.78. The van der Waals surface area contributed by atoms with Crippen molar-refractivity contribution in [2.75, 3.05) is 41.8 Å². The van der Waals surface area contributed by atoms with E-state index < -0.39 is 42.0 Å². The number of aliphatic hydroxyl groups excluding tert-OH is 2. The molecule has 1 amide bonds. The van der Waals surface area contributed by atoms with Crippen molar-refractivity contribution in [1.82, 2.24) is 15.1 Å². The van der Waals surface area contributed by atoms with Crippen molar-refractivity contribution in [3.05, 3.63) is 29.8 Å². The maximum absolute atomic E-state index is 13.6. The smallest absolute Gasteiger partial charge is 0.225 e. The van der Waals surface area contributed by atoms with E-state index in [4.69, 9.17) is 14.2 Å². The minimum absolute atomic E-state index is 0.141. The highest BCUT2D eigenvalue weighted by atomic mass is 16.7. The number of benzene rings is 1. The molecule has 10 heteroatoms. The molecular formula is C34H61N3O7. The summed E-state index contributed by atoms with van der Waals surface area (Å²) in [6.07, 6.45) is -1.72. The first-order valence-corrected chi connectivity index (χ1v) is 16.1. The van der Waals surface area contributed by atoms with Gasteiger partial charge in [0, 0.05) is 18.0 Å². The van der Waals surface area contributed by atoms with Crippen LogP contribution in [0, 0.1) is 17.8 Å². The topological polar surface area (TPSA) is 124 Å². The van der Waals surface area contributed by atoms with E-state index in [0.717, 1.165) is 24.3 Å². The van der Waals surface area contributed by atoms with Gasteiger partial charge in [-0.1, -0.05) is 39.8 Å². The van der Waals surface area contributed by atoms with Gasteiger partial charge < -0.3 is 44.6 Å². The average molecular weight is 624 g/mol. The van der Waals surface area contributed by atoms with Crippen LogP contribution in [0.15, 0.2) is 24.3 Å². The molecule has 0 aliphatic carbocycles. The Morgan fingerprint density at radius 1 is 1.14 bits per heavy atom. The Morgan fingerprint density at radius 2 is 1.75 bits per heavy atom. The molecule has 2 rings (SSSR count). The van der Waals surface area contributed by atoms with Crippen molar-refractivity contribution < 1.29 is 34.3 Å². The van der Waals surface area contributed by atoms with E-state index in [-0.39, 0.29) is 30.0 Å². The number of nitrogens with zero attached hydrogens (tertiary/aromatic N) is 2. The fourth-order valence-corrected chi connectivity index (χ4v) is 6.39. The zero-order valence-corrected chi connectivity index (χ0v) is 29.0. The van der Waals surface area contributed by atoms with Crippen LogP contribution in [-0.2, 0) is 20.7 Å². The van der Waals surface area contributed by atoms with Crippen LogP contribution >= 0.6 is 0 Å². The van der Waals surface area contributed by atoms with Gasteiger partial charge in [0.2, 0.25) is 5.91 Å². The number of hydrogen-bond donors (Lipinski definition) is 4. The Kier molecular flexibility index (Phi) is 15.0. The van der Waals surface area contributed by atoms with Crippen molar-refractivity contribution in [3.8, 4) is 5.75 Å². The molecule has 10 atom stereocenters. The van der Waals surface area contributed by atoms with E-state index in [9.17, 15) is 20.1 Å². The molecule has 4 N–H and O–H groups in total. The summed E-state index contributed by atoms with van der Waals surface area (Å²) in [5, 5.41) is 37.7. The first kappa shape index (κ1) is 38.4. The van der Waals surface area contributed by atoms with E-state index in [1.165, 1.54) is 0 Å². The number of ether oxygens (including phenoxy) is 3. The van der Waals surface area contributed by atoms with E-state index in [0.29, 0.717) is 19.3 Å². The molecule has 1 saturated heterocycles. The second kappa shape index (κ2) is 17.2. The summed E-state index contributed by atoms with van der Waals surface area (Å²) in [6.45, 7) is 11.9. The van der Waals surface area contributed by atoms with Crippen LogP contribution in [-0.4, -0.2) is 121 Å². The molecule has 1 heterocycles. The molecule has 0 spiro atoms. The summed E-state index contributed by atoms with van der Waals surface area (Å²) < 4.78 is 17.7. The lowest BCUT2D eigenvalue weighted by Gasteiger charge is -2.46. The predicted molar refractivity (Wildman–Crippen MR) is 174 cm³/mol. The van der Waals surface area contributed by atoms with Crippen molar-refractivity contribution in [2.45, 2.75) is 116 Å². The predicted octanol–water partition coefficient (Wildman–Crippen LogP) is 2.92. The highest BCUT2D eigenvalue weighted by Crippen LogP contribution is 2.35. The van der Waals surface area contributed by atoms with Crippen molar-refractivity contribution in [2.24, 2.45) is 17.8 Å². The van der Waals surface area contributed by atoms with Crippen molar-refractivity contribution >= 4 is 5.91 Å². The normalized spacial score (nSPS) is 25.8. The molecule has 44 heavy (non-hydrogen) atoms. The van der Waals surface area contributed by atoms with Crippen LogP contribution in [0.3, 0.4) is 0 Å². The highest BCUT2D eigenvalue weighted by molar-refractivity contribution is 5.79. The second-order valence-electron chi connectivity index (χ2n) is 14.1. The molecule has 10 nitrogen and oxygen atoms in total. The molecule has 1 aromatic carbocycles. The zero-order valence-electron chi connectivity index (χ0n) is 29.0. The number of carbonyl (C=O) groups excluding carboxylic acids is 1.